The number of hydrogen-bond donors (Lipinski definition) is 16. The number of aliphatic hydroxyl groups is 1. The molecule has 0 unspecified atom stereocenters. The van der Waals surface area contributed by atoms with Crippen LogP contribution in [0.4, 0.5) is 0 Å². The largest absolute Gasteiger partial charge is 0.508 e. The van der Waals surface area contributed by atoms with Gasteiger partial charge in [-0.05, 0) is 100 Å². The van der Waals surface area contributed by atoms with E-state index in [1.54, 1.807) is 36.2 Å². The minimum atomic E-state index is -1.76. The molecular weight excluding hydrogens is 1140 g/mol. The number of imidazole rings is 1. The molecule has 29 heteroatoms. The van der Waals surface area contributed by atoms with Gasteiger partial charge in [0, 0.05) is 74.3 Å². The first-order valence-corrected chi connectivity index (χ1v) is 29.8. The number of aromatic hydroxyl groups is 1. The Bertz CT molecular complexity index is 3060. The molecule has 0 aliphatic carbocycles. The molecule has 88 heavy (non-hydrogen) atoms. The van der Waals surface area contributed by atoms with E-state index in [1.165, 1.54) is 36.8 Å². The van der Waals surface area contributed by atoms with Crippen LogP contribution in [0.3, 0.4) is 0 Å². The van der Waals surface area contributed by atoms with Gasteiger partial charge in [0.05, 0.1) is 31.6 Å². The van der Waals surface area contributed by atoms with Crippen molar-refractivity contribution in [3.05, 3.63) is 84.1 Å². The summed E-state index contributed by atoms with van der Waals surface area (Å²) in [7, 11) is 0. The third kappa shape index (κ3) is 20.6. The number of carbonyl (C=O) groups is 10. The number of aliphatic imine (C=N–C) groups is 1. The number of nitrogens with zero attached hydrogens (tertiary/aromatic N) is 3. The lowest BCUT2D eigenvalue weighted by Gasteiger charge is -2.39. The molecule has 0 radical (unpaired) electrons. The number of aromatic amines is 2. The summed E-state index contributed by atoms with van der Waals surface area (Å²) in [5.41, 5.74) is 19.1. The highest BCUT2D eigenvalue weighted by Crippen LogP contribution is 2.21. The lowest BCUT2D eigenvalue weighted by atomic mass is 9.98. The van der Waals surface area contributed by atoms with Gasteiger partial charge in [-0.25, -0.2) is 4.98 Å². The number of aliphatic hydroxyl groups excluding tert-OH is 1. The molecule has 0 spiro atoms. The number of likely N-dealkylation sites (tertiary alicyclic amines) is 1. The van der Waals surface area contributed by atoms with Gasteiger partial charge >= 0.3 is 0 Å². The summed E-state index contributed by atoms with van der Waals surface area (Å²) in [4.78, 5) is 155. The molecule has 6 rings (SSSR count). The van der Waals surface area contributed by atoms with Crippen molar-refractivity contribution in [2.24, 2.45) is 28.1 Å². The van der Waals surface area contributed by atoms with Crippen molar-refractivity contribution in [3.8, 4) is 5.75 Å². The first kappa shape index (κ1) is 68.2. The molecule has 2 aromatic carbocycles. The zero-order chi connectivity index (χ0) is 63.9. The standard InChI is InChI=1S/C59H85N17O12/c1-4-64-58(88)48-20-23-76(48)30-49(79)40(13-9-22-65-59(61)62)69-53(83)43(24-33(2)3)71-51(81)41(12-7-8-21-60)70-54(84)44(25-34-14-16-37(78)17-15-34)72-57(87)47(31-77)75-55(85)45(26-35-28-66-39-11-6-5-10-38(35)39)73-56(86)46(27-36-29-63-32-67-36)74-52(82)42-18-19-50(80)68-42/h5-6,10-11,14-17,28-29,32-33,40-48,66,77-78H,4,7-9,12-13,18-27,30-31,60H2,1-3H3,(H,63,67)(H,64,88)(H,68,80)(H,69,83)(H,70,84)(H,71,81)(H,72,87)(H,73,86)(H,74,82)(H,75,85)(H4,61,62,65)/t40-,41+,42-,43-,44-,45-,46-,47-,48+/m0/s1. The second-order valence-electron chi connectivity index (χ2n) is 22.5. The minimum Gasteiger partial charge on any atom is -0.508 e. The molecule has 2 aromatic heterocycles. The number of Topliss-reactive ketones (excluding diaryl/α,β-unsaturated/α-hetero) is 1. The third-order valence-corrected chi connectivity index (χ3v) is 15.2. The molecule has 9 atom stereocenters. The molecule has 4 aromatic rings. The molecule has 2 aliphatic rings. The first-order chi connectivity index (χ1) is 42.2. The Morgan fingerprint density at radius 2 is 1.33 bits per heavy atom. The van der Waals surface area contributed by atoms with Crippen LogP contribution < -0.4 is 65.1 Å². The number of unbranched alkanes of at least 4 members (excludes halogenated alkanes) is 1. The maximum atomic E-state index is 14.7. The number of benzene rings is 2. The topological polar surface area (TPSA) is 458 Å². The highest BCUT2D eigenvalue weighted by molar-refractivity contribution is 5.99. The lowest BCUT2D eigenvalue weighted by molar-refractivity contribution is -0.137. The summed E-state index contributed by atoms with van der Waals surface area (Å²) in [6, 6.07) is 1.82. The Hall–Kier alpha value is -8.96. The highest BCUT2D eigenvalue weighted by atomic mass is 16.3. The zero-order valence-electron chi connectivity index (χ0n) is 49.9. The summed E-state index contributed by atoms with van der Waals surface area (Å²) >= 11 is 0. The molecule has 2 aliphatic heterocycles. The molecule has 9 amide bonds. The van der Waals surface area contributed by atoms with Crippen molar-refractivity contribution in [1.29, 1.82) is 0 Å². The van der Waals surface area contributed by atoms with E-state index in [2.05, 4.69) is 67.8 Å². The van der Waals surface area contributed by atoms with Crippen LogP contribution in [-0.4, -0.2) is 189 Å². The van der Waals surface area contributed by atoms with Crippen LogP contribution in [0.15, 0.2) is 72.2 Å². The Morgan fingerprint density at radius 3 is 1.94 bits per heavy atom. The molecule has 2 fully saturated rings. The fourth-order valence-electron chi connectivity index (χ4n) is 10.4. The number of para-hydroxylation sites is 1. The van der Waals surface area contributed by atoms with Gasteiger partial charge in [0.2, 0.25) is 53.2 Å². The van der Waals surface area contributed by atoms with Crippen molar-refractivity contribution in [1.82, 2.24) is 67.7 Å². The summed E-state index contributed by atoms with van der Waals surface area (Å²) < 4.78 is 0. The number of amides is 9. The number of aromatic nitrogens is 3. The fourth-order valence-corrected chi connectivity index (χ4v) is 10.4. The van der Waals surface area contributed by atoms with Gasteiger partial charge in [-0.2, -0.15) is 0 Å². The molecule has 4 heterocycles. The lowest BCUT2D eigenvalue weighted by Crippen LogP contribution is -2.61. The molecule has 29 nitrogen and oxygen atoms in total. The average Bonchev–Trinajstić information content (AvgIpc) is 2.82. The molecule has 478 valence electrons. The predicted octanol–water partition coefficient (Wildman–Crippen LogP) is -2.70. The van der Waals surface area contributed by atoms with Gasteiger partial charge in [0.1, 0.15) is 48.0 Å². The van der Waals surface area contributed by atoms with E-state index in [4.69, 9.17) is 17.2 Å². The maximum absolute atomic E-state index is 14.7. The van der Waals surface area contributed by atoms with Crippen molar-refractivity contribution in [2.45, 2.75) is 152 Å². The first-order valence-electron chi connectivity index (χ1n) is 29.8. The summed E-state index contributed by atoms with van der Waals surface area (Å²) in [6.45, 7) is 5.61. The average molecular weight is 1220 g/mol. The van der Waals surface area contributed by atoms with Gasteiger partial charge in [-0.3, -0.25) is 57.8 Å². The Labute approximate surface area is 509 Å². The van der Waals surface area contributed by atoms with Crippen LogP contribution >= 0.6 is 0 Å². The SMILES string of the molecule is CCNC(=O)[C@H]1CCN1CC(=O)[C@H](CCCN=C(N)N)NC(=O)[C@H](CC(C)C)NC(=O)[C@@H](CCCCN)NC(=O)[C@H](Cc1ccc(O)cc1)NC(=O)[C@H](CO)NC(=O)[C@H](Cc1c[nH]c2ccccc12)NC(=O)[C@H](Cc1cnc[nH]1)NC(=O)[C@@H]1CCC(=O)N1. The second-order valence-corrected chi connectivity index (χ2v) is 22.5. The van der Waals surface area contributed by atoms with Gasteiger partial charge in [-0.15, -0.1) is 0 Å². The van der Waals surface area contributed by atoms with E-state index >= 15 is 0 Å². The van der Waals surface area contributed by atoms with Crippen molar-refractivity contribution < 1.29 is 58.2 Å². The quantitative estimate of drug-likeness (QED) is 0.0125. The number of ketones is 1. The van der Waals surface area contributed by atoms with Gasteiger partial charge in [0.15, 0.2) is 11.7 Å². The highest BCUT2D eigenvalue weighted by Gasteiger charge is 2.39. The number of hydrogen-bond acceptors (Lipinski definition) is 16. The molecule has 0 bridgehead atoms. The number of phenols is 1. The van der Waals surface area contributed by atoms with Crippen molar-refractivity contribution in [3.63, 3.8) is 0 Å². The van der Waals surface area contributed by atoms with E-state index in [1.807, 2.05) is 19.9 Å². The number of fused-ring (bicyclic) bond motifs is 1. The summed E-state index contributed by atoms with van der Waals surface area (Å²) in [6.07, 6.45) is 6.13. The van der Waals surface area contributed by atoms with Crippen molar-refractivity contribution in [2.75, 3.05) is 39.3 Å². The third-order valence-electron chi connectivity index (χ3n) is 15.2. The van der Waals surface area contributed by atoms with Crippen LogP contribution in [0.25, 0.3) is 10.9 Å². The van der Waals surface area contributed by atoms with Crippen LogP contribution in [0.5, 0.6) is 5.75 Å². The Kier molecular flexibility index (Phi) is 26.2. The number of H-pyrrole nitrogens is 2. The number of guanidine groups is 1. The van der Waals surface area contributed by atoms with Gasteiger partial charge < -0.3 is 85.2 Å². The summed E-state index contributed by atoms with van der Waals surface area (Å²) in [5.74, 6) is -7.13. The normalized spacial score (nSPS) is 17.1. The van der Waals surface area contributed by atoms with Gasteiger partial charge in [-0.1, -0.05) is 44.2 Å². The van der Waals surface area contributed by atoms with Crippen LogP contribution in [-0.2, 0) is 67.2 Å². The van der Waals surface area contributed by atoms with Crippen LogP contribution in [0.2, 0.25) is 0 Å². The van der Waals surface area contributed by atoms with Crippen molar-refractivity contribution >= 4 is 75.8 Å². The molecule has 19 N–H and O–H groups in total. The maximum Gasteiger partial charge on any atom is 0.245 e. The number of carbonyl (C=O) groups excluding carboxylic acids is 10. The van der Waals surface area contributed by atoms with E-state index < -0.39 is 102 Å². The summed E-state index contributed by atoms with van der Waals surface area (Å²) in [5, 5.41) is 45.9. The minimum absolute atomic E-state index is 0.0155. The Balaban J connectivity index is 1.22. The van der Waals surface area contributed by atoms with Crippen LogP contribution in [0, 0.1) is 5.92 Å². The number of phenolic OH excluding ortho intramolecular Hbond substituents is 1. The number of likely N-dealkylation sites (N-methyl/N-ethyl adjacent to an activating group) is 1. The van der Waals surface area contributed by atoms with E-state index in [0.717, 1.165) is 5.52 Å². The van der Waals surface area contributed by atoms with Gasteiger partial charge in [0.25, 0.3) is 0 Å². The second kappa shape index (κ2) is 33.8. The monoisotopic (exact) mass is 1220 g/mol. The van der Waals surface area contributed by atoms with Crippen LogP contribution in [0.1, 0.15) is 95.4 Å². The number of nitrogens with two attached hydrogens (primary N) is 3. The fraction of sp³-hybridized carbons (Fsp3) is 0.525. The predicted molar refractivity (Wildman–Crippen MR) is 324 cm³/mol. The number of nitrogens with one attached hydrogen (secondary N) is 11. The van der Waals surface area contributed by atoms with E-state index in [0.29, 0.717) is 61.0 Å². The smallest absolute Gasteiger partial charge is 0.245 e. The zero-order valence-corrected chi connectivity index (χ0v) is 49.9. The van der Waals surface area contributed by atoms with E-state index in [9.17, 15) is 58.2 Å². The molecular formula is C59H85N17O12. The molecule has 0 saturated carbocycles. The number of rotatable bonds is 36. The molecule has 2 saturated heterocycles. The Morgan fingerprint density at radius 1 is 0.716 bits per heavy atom. The van der Waals surface area contributed by atoms with E-state index in [-0.39, 0.29) is 106 Å².